The second-order valence-electron chi connectivity index (χ2n) is 5.50. The Morgan fingerprint density at radius 3 is 2.32 bits per heavy atom. The third-order valence-electron chi connectivity index (χ3n) is 4.01. The normalized spacial score (nSPS) is 14.9. The number of hydrogen-bond acceptors (Lipinski definition) is 3. The summed E-state index contributed by atoms with van der Waals surface area (Å²) in [6.07, 6.45) is 0. The maximum absolute atomic E-state index is 9.94. The van der Waals surface area contributed by atoms with Gasteiger partial charge in [-0.15, -0.1) is 0 Å². The van der Waals surface area contributed by atoms with Gasteiger partial charge in [-0.25, -0.2) is 0 Å². The number of phenols is 1. The Balaban J connectivity index is 2.34. The minimum atomic E-state index is -1.67. The molecule has 2 aromatic rings. The molecule has 0 saturated heterocycles. The molecule has 0 aliphatic heterocycles. The van der Waals surface area contributed by atoms with Gasteiger partial charge in [0.1, 0.15) is 5.75 Å². The molecule has 3 N–H and O–H groups in total. The summed E-state index contributed by atoms with van der Waals surface area (Å²) < 4.78 is 0. The number of aromatic hydroxyl groups is 1. The predicted octanol–water partition coefficient (Wildman–Crippen LogP) is 1.38. The first-order chi connectivity index (χ1) is 8.93. The maximum Gasteiger partial charge on any atom is 0.492 e. The molecule has 0 bridgehead atoms. The van der Waals surface area contributed by atoms with Crippen molar-refractivity contribution in [2.45, 2.75) is 19.3 Å². The molecule has 3 rings (SSSR count). The van der Waals surface area contributed by atoms with Crippen LogP contribution < -0.4 is 5.46 Å². The highest BCUT2D eigenvalue weighted by Crippen LogP contribution is 2.48. The van der Waals surface area contributed by atoms with E-state index < -0.39 is 7.12 Å². The third-order valence-corrected chi connectivity index (χ3v) is 4.01. The third kappa shape index (κ3) is 1.61. The summed E-state index contributed by atoms with van der Waals surface area (Å²) in [6, 6.07) is 11.4. The monoisotopic (exact) mass is 254 g/mol. The van der Waals surface area contributed by atoms with Gasteiger partial charge in [-0.3, -0.25) is 0 Å². The molecule has 2 aromatic carbocycles. The van der Waals surface area contributed by atoms with Crippen molar-refractivity contribution in [1.29, 1.82) is 0 Å². The maximum atomic E-state index is 9.94. The van der Waals surface area contributed by atoms with Crippen LogP contribution in [-0.4, -0.2) is 22.3 Å². The number of benzene rings is 2. The van der Waals surface area contributed by atoms with E-state index >= 15 is 0 Å². The molecule has 1 aliphatic rings. The molecular formula is C15H15BO3. The van der Waals surface area contributed by atoms with Crippen LogP contribution in [0.1, 0.15) is 25.0 Å². The van der Waals surface area contributed by atoms with Crippen LogP contribution in [0, 0.1) is 0 Å². The van der Waals surface area contributed by atoms with Gasteiger partial charge in [-0.05, 0) is 28.3 Å². The van der Waals surface area contributed by atoms with Crippen molar-refractivity contribution >= 4 is 12.6 Å². The van der Waals surface area contributed by atoms with Gasteiger partial charge in [0.15, 0.2) is 0 Å². The lowest BCUT2D eigenvalue weighted by Crippen LogP contribution is -2.30. The van der Waals surface area contributed by atoms with E-state index in [9.17, 15) is 15.2 Å². The summed E-state index contributed by atoms with van der Waals surface area (Å²) in [4.78, 5) is 0. The van der Waals surface area contributed by atoms with E-state index in [1.165, 1.54) is 5.56 Å². The Hall–Kier alpha value is -1.78. The topological polar surface area (TPSA) is 60.7 Å². The Bertz CT molecular complexity index is 662. The van der Waals surface area contributed by atoms with Gasteiger partial charge in [0.25, 0.3) is 0 Å². The van der Waals surface area contributed by atoms with Gasteiger partial charge < -0.3 is 15.2 Å². The standard InChI is InChI=1S/C15H15BO3/c1-15(2)11-6-4-3-5-9(11)10-7-13(16(18)19)14(17)8-12(10)15/h3-8,17-19H,1-2H3. The lowest BCUT2D eigenvalue weighted by molar-refractivity contribution is 0.419. The van der Waals surface area contributed by atoms with E-state index in [1.54, 1.807) is 12.1 Å². The molecule has 96 valence electrons. The number of rotatable bonds is 1. The lowest BCUT2D eigenvalue weighted by atomic mass is 9.76. The Morgan fingerprint density at radius 2 is 1.63 bits per heavy atom. The van der Waals surface area contributed by atoms with E-state index in [-0.39, 0.29) is 16.6 Å². The fraction of sp³-hybridized carbons (Fsp3) is 0.200. The van der Waals surface area contributed by atoms with E-state index in [0.717, 1.165) is 16.7 Å². The van der Waals surface area contributed by atoms with Crippen molar-refractivity contribution in [2.24, 2.45) is 0 Å². The van der Waals surface area contributed by atoms with Crippen LogP contribution in [0.5, 0.6) is 5.75 Å². The van der Waals surface area contributed by atoms with Crippen molar-refractivity contribution in [1.82, 2.24) is 0 Å². The molecule has 3 nitrogen and oxygen atoms in total. The van der Waals surface area contributed by atoms with Crippen molar-refractivity contribution < 1.29 is 15.2 Å². The van der Waals surface area contributed by atoms with Crippen LogP contribution in [0.3, 0.4) is 0 Å². The number of fused-ring (bicyclic) bond motifs is 3. The molecule has 0 fully saturated rings. The largest absolute Gasteiger partial charge is 0.508 e. The summed E-state index contributed by atoms with van der Waals surface area (Å²) >= 11 is 0. The second-order valence-corrected chi connectivity index (χ2v) is 5.50. The lowest BCUT2D eigenvalue weighted by Gasteiger charge is -2.21. The van der Waals surface area contributed by atoms with Crippen LogP contribution >= 0.6 is 0 Å². The van der Waals surface area contributed by atoms with Gasteiger partial charge in [0.05, 0.1) is 0 Å². The van der Waals surface area contributed by atoms with Gasteiger partial charge in [0, 0.05) is 10.9 Å². The summed E-state index contributed by atoms with van der Waals surface area (Å²) in [6.45, 7) is 4.21. The quantitative estimate of drug-likeness (QED) is 0.674. The zero-order chi connectivity index (χ0) is 13.8. The molecule has 0 aromatic heterocycles. The highest BCUT2D eigenvalue weighted by molar-refractivity contribution is 6.59. The van der Waals surface area contributed by atoms with Gasteiger partial charge >= 0.3 is 7.12 Å². The zero-order valence-corrected chi connectivity index (χ0v) is 10.9. The molecule has 0 unspecified atom stereocenters. The summed E-state index contributed by atoms with van der Waals surface area (Å²) in [5.74, 6) is -0.0744. The molecule has 0 amide bonds. The average Bonchev–Trinajstić information content (AvgIpc) is 2.58. The highest BCUT2D eigenvalue weighted by Gasteiger charge is 2.36. The smallest absolute Gasteiger partial charge is 0.492 e. The number of hydrogen-bond donors (Lipinski definition) is 3. The highest BCUT2D eigenvalue weighted by atomic mass is 16.4. The predicted molar refractivity (Wildman–Crippen MR) is 75.5 cm³/mol. The fourth-order valence-electron chi connectivity index (χ4n) is 2.96. The minimum Gasteiger partial charge on any atom is -0.508 e. The molecule has 4 heteroatoms. The molecule has 0 heterocycles. The Kier molecular flexibility index (Phi) is 2.49. The van der Waals surface area contributed by atoms with E-state index in [1.807, 2.05) is 18.2 Å². The van der Waals surface area contributed by atoms with Gasteiger partial charge in [0.2, 0.25) is 0 Å². The Labute approximate surface area is 112 Å². The van der Waals surface area contributed by atoms with E-state index in [4.69, 9.17) is 0 Å². The number of phenolic OH excluding ortho intramolecular Hbond substituents is 1. The van der Waals surface area contributed by atoms with Crippen molar-refractivity contribution in [3.05, 3.63) is 47.5 Å². The first-order valence-corrected chi connectivity index (χ1v) is 6.26. The van der Waals surface area contributed by atoms with Crippen LogP contribution in [0.4, 0.5) is 0 Å². The average molecular weight is 254 g/mol. The van der Waals surface area contributed by atoms with Gasteiger partial charge in [-0.2, -0.15) is 0 Å². The molecule has 0 radical (unpaired) electrons. The first kappa shape index (κ1) is 12.3. The first-order valence-electron chi connectivity index (χ1n) is 6.26. The van der Waals surface area contributed by atoms with Crippen molar-refractivity contribution in [3.8, 4) is 16.9 Å². The van der Waals surface area contributed by atoms with E-state index in [0.29, 0.717) is 0 Å². The zero-order valence-electron chi connectivity index (χ0n) is 10.9. The second kappa shape index (κ2) is 3.86. The fourth-order valence-corrected chi connectivity index (χ4v) is 2.96. The minimum absolute atomic E-state index is 0.0744. The van der Waals surface area contributed by atoms with Crippen molar-refractivity contribution in [2.75, 3.05) is 0 Å². The summed E-state index contributed by atoms with van der Waals surface area (Å²) in [5, 5.41) is 28.6. The Morgan fingerprint density at radius 1 is 0.947 bits per heavy atom. The molecular weight excluding hydrogens is 239 g/mol. The molecule has 0 atom stereocenters. The van der Waals surface area contributed by atoms with E-state index in [2.05, 4.69) is 19.9 Å². The molecule has 0 saturated carbocycles. The van der Waals surface area contributed by atoms with Gasteiger partial charge in [-0.1, -0.05) is 44.2 Å². The molecule has 1 aliphatic carbocycles. The van der Waals surface area contributed by atoms with Crippen LogP contribution in [0.15, 0.2) is 36.4 Å². The van der Waals surface area contributed by atoms with Crippen LogP contribution in [0.25, 0.3) is 11.1 Å². The van der Waals surface area contributed by atoms with Crippen LogP contribution in [0.2, 0.25) is 0 Å². The summed E-state index contributed by atoms with van der Waals surface area (Å²) in [7, 11) is -1.67. The van der Waals surface area contributed by atoms with Crippen molar-refractivity contribution in [3.63, 3.8) is 0 Å². The molecule has 19 heavy (non-hydrogen) atoms. The molecule has 0 spiro atoms. The SMILES string of the molecule is CC1(C)c2ccccc2-c2cc(B(O)O)c(O)cc21. The summed E-state index contributed by atoms with van der Waals surface area (Å²) in [5.41, 5.74) is 4.20. The van der Waals surface area contributed by atoms with Crippen LogP contribution in [-0.2, 0) is 5.41 Å².